The van der Waals surface area contributed by atoms with Gasteiger partial charge in [0.05, 0.1) is 0 Å². The topological polar surface area (TPSA) is 42.0 Å². The molecule has 0 aliphatic heterocycles. The van der Waals surface area contributed by atoms with Crippen molar-refractivity contribution in [3.8, 4) is 0 Å². The molecule has 3 nitrogen and oxygen atoms in total. The average molecular weight is 385 g/mol. The molecule has 0 radical (unpaired) electrons. The highest BCUT2D eigenvalue weighted by atomic mass is 16.1. The third kappa shape index (κ3) is 7.04. The van der Waals surface area contributed by atoms with Crippen LogP contribution in [0.1, 0.15) is 42.4 Å². The molecule has 0 saturated heterocycles. The highest BCUT2D eigenvalue weighted by Crippen LogP contribution is 2.23. The first-order valence-electron chi connectivity index (χ1n) is 10.3. The molecule has 29 heavy (non-hydrogen) atoms. The summed E-state index contributed by atoms with van der Waals surface area (Å²) in [5.41, 5.74) is 4.78. The van der Waals surface area contributed by atoms with Gasteiger partial charge in [0.25, 0.3) is 0 Å². The molecule has 0 aliphatic rings. The Morgan fingerprint density at radius 3 is 2.17 bits per heavy atom. The van der Waals surface area contributed by atoms with Gasteiger partial charge in [-0.05, 0) is 54.0 Å². The quantitative estimate of drug-likeness (QED) is 0.473. The van der Waals surface area contributed by atoms with E-state index in [0.29, 0.717) is 6.42 Å². The molecule has 1 aromatic heterocycles. The van der Waals surface area contributed by atoms with Crippen LogP contribution in [0.15, 0.2) is 91.3 Å². The third-order valence-corrected chi connectivity index (χ3v) is 4.83. The van der Waals surface area contributed by atoms with Crippen molar-refractivity contribution in [3.63, 3.8) is 0 Å². The lowest BCUT2D eigenvalue weighted by atomic mass is 9.96. The SMILES string of the molecule is O=C(CCC=C(c1ccccc1)c1ccccc1)NCCCCc1cccnc1. The minimum absolute atomic E-state index is 0.114. The van der Waals surface area contributed by atoms with Gasteiger partial charge in [-0.2, -0.15) is 0 Å². The second kappa shape index (κ2) is 11.6. The molecule has 1 heterocycles. The van der Waals surface area contributed by atoms with Gasteiger partial charge in [0.1, 0.15) is 0 Å². The van der Waals surface area contributed by atoms with Crippen LogP contribution < -0.4 is 5.32 Å². The normalized spacial score (nSPS) is 10.3. The molecule has 148 valence electrons. The Bertz CT molecular complexity index is 848. The van der Waals surface area contributed by atoms with E-state index in [4.69, 9.17) is 0 Å². The first-order chi connectivity index (χ1) is 14.3. The maximum atomic E-state index is 12.2. The van der Waals surface area contributed by atoms with Gasteiger partial charge >= 0.3 is 0 Å². The van der Waals surface area contributed by atoms with Gasteiger partial charge in [-0.15, -0.1) is 0 Å². The molecule has 3 heteroatoms. The first-order valence-corrected chi connectivity index (χ1v) is 10.3. The number of carbonyl (C=O) groups is 1. The molecule has 0 fully saturated rings. The smallest absolute Gasteiger partial charge is 0.220 e. The number of benzene rings is 2. The lowest BCUT2D eigenvalue weighted by Gasteiger charge is -2.09. The second-order valence-corrected chi connectivity index (χ2v) is 7.06. The Hall–Kier alpha value is -3.20. The number of pyridine rings is 1. The van der Waals surface area contributed by atoms with Crippen molar-refractivity contribution in [1.82, 2.24) is 10.3 Å². The van der Waals surface area contributed by atoms with Gasteiger partial charge in [0, 0.05) is 25.4 Å². The largest absolute Gasteiger partial charge is 0.356 e. The maximum absolute atomic E-state index is 12.2. The molecular formula is C26H28N2O. The van der Waals surface area contributed by atoms with E-state index in [9.17, 15) is 4.79 Å². The zero-order chi connectivity index (χ0) is 20.2. The van der Waals surface area contributed by atoms with Crippen LogP contribution in [0.3, 0.4) is 0 Å². The van der Waals surface area contributed by atoms with E-state index in [0.717, 1.165) is 32.2 Å². The fraction of sp³-hybridized carbons (Fsp3) is 0.231. The lowest BCUT2D eigenvalue weighted by molar-refractivity contribution is -0.121. The Morgan fingerprint density at radius 1 is 0.862 bits per heavy atom. The number of allylic oxidation sites excluding steroid dienone is 1. The molecule has 3 rings (SSSR count). The molecule has 1 amide bonds. The summed E-state index contributed by atoms with van der Waals surface area (Å²) in [6, 6.07) is 24.7. The van der Waals surface area contributed by atoms with E-state index in [1.54, 1.807) is 6.20 Å². The number of hydrogen-bond donors (Lipinski definition) is 1. The van der Waals surface area contributed by atoms with Crippen molar-refractivity contribution in [1.29, 1.82) is 0 Å². The summed E-state index contributed by atoms with van der Waals surface area (Å²) in [6.07, 6.45) is 10.1. The van der Waals surface area contributed by atoms with Crippen LogP contribution in [0.2, 0.25) is 0 Å². The summed E-state index contributed by atoms with van der Waals surface area (Å²) in [6.45, 7) is 0.729. The molecule has 0 unspecified atom stereocenters. The Kier molecular flexibility index (Phi) is 8.21. The van der Waals surface area contributed by atoms with Crippen molar-refractivity contribution in [3.05, 3.63) is 108 Å². The predicted octanol–water partition coefficient (Wildman–Crippen LogP) is 5.43. The first kappa shape index (κ1) is 20.5. The molecule has 0 aliphatic carbocycles. The zero-order valence-electron chi connectivity index (χ0n) is 16.8. The van der Waals surface area contributed by atoms with Gasteiger partial charge in [-0.1, -0.05) is 72.8 Å². The number of hydrogen-bond acceptors (Lipinski definition) is 2. The average Bonchev–Trinajstić information content (AvgIpc) is 2.78. The van der Waals surface area contributed by atoms with E-state index < -0.39 is 0 Å². The minimum Gasteiger partial charge on any atom is -0.356 e. The molecule has 1 N–H and O–H groups in total. The van der Waals surface area contributed by atoms with Crippen LogP contribution in [-0.2, 0) is 11.2 Å². The minimum atomic E-state index is 0.114. The number of aryl methyl sites for hydroxylation is 1. The second-order valence-electron chi connectivity index (χ2n) is 7.06. The van der Waals surface area contributed by atoms with Crippen LogP contribution in [0.25, 0.3) is 5.57 Å². The number of rotatable bonds is 10. The van der Waals surface area contributed by atoms with E-state index in [1.807, 2.05) is 48.7 Å². The van der Waals surface area contributed by atoms with Gasteiger partial charge in [0.2, 0.25) is 5.91 Å². The summed E-state index contributed by atoms with van der Waals surface area (Å²) in [5, 5.41) is 3.04. The number of nitrogens with one attached hydrogen (secondary N) is 1. The van der Waals surface area contributed by atoms with Crippen LogP contribution in [0.5, 0.6) is 0 Å². The number of carbonyl (C=O) groups excluding carboxylic acids is 1. The van der Waals surface area contributed by atoms with Gasteiger partial charge < -0.3 is 5.32 Å². The van der Waals surface area contributed by atoms with Crippen molar-refractivity contribution in [2.45, 2.75) is 32.1 Å². The number of aromatic nitrogens is 1. The van der Waals surface area contributed by atoms with E-state index in [2.05, 4.69) is 46.7 Å². The summed E-state index contributed by atoms with van der Waals surface area (Å²) >= 11 is 0. The van der Waals surface area contributed by atoms with Gasteiger partial charge in [-0.25, -0.2) is 0 Å². The molecule has 2 aromatic carbocycles. The van der Waals surface area contributed by atoms with Crippen molar-refractivity contribution in [2.24, 2.45) is 0 Å². The number of unbranched alkanes of at least 4 members (excludes halogenated alkanes) is 1. The van der Waals surface area contributed by atoms with Crippen molar-refractivity contribution >= 4 is 11.5 Å². The fourth-order valence-electron chi connectivity index (χ4n) is 3.30. The molecule has 0 bridgehead atoms. The fourth-order valence-corrected chi connectivity index (χ4v) is 3.30. The Balaban J connectivity index is 1.44. The van der Waals surface area contributed by atoms with Gasteiger partial charge in [-0.3, -0.25) is 9.78 Å². The highest BCUT2D eigenvalue weighted by Gasteiger charge is 2.05. The molecule has 0 spiro atoms. The summed E-state index contributed by atoms with van der Waals surface area (Å²) in [7, 11) is 0. The van der Waals surface area contributed by atoms with E-state index in [1.165, 1.54) is 22.3 Å². The highest BCUT2D eigenvalue weighted by molar-refractivity contribution is 5.81. The predicted molar refractivity (Wildman–Crippen MR) is 119 cm³/mol. The molecular weight excluding hydrogens is 356 g/mol. The Labute approximate surface area is 173 Å². The van der Waals surface area contributed by atoms with Crippen LogP contribution in [0.4, 0.5) is 0 Å². The Morgan fingerprint density at radius 2 is 1.55 bits per heavy atom. The standard InChI is InChI=1S/C26H28N2O/c29-26(28-20-8-7-11-22-12-10-19-27-21-22)18-9-17-25(23-13-3-1-4-14-23)24-15-5-2-6-16-24/h1-6,10,12-17,19,21H,7-9,11,18,20H2,(H,28,29). The maximum Gasteiger partial charge on any atom is 0.220 e. The molecule has 0 saturated carbocycles. The van der Waals surface area contributed by atoms with Crippen molar-refractivity contribution in [2.75, 3.05) is 6.54 Å². The van der Waals surface area contributed by atoms with Gasteiger partial charge in [0.15, 0.2) is 0 Å². The lowest BCUT2D eigenvalue weighted by Crippen LogP contribution is -2.23. The van der Waals surface area contributed by atoms with Crippen LogP contribution in [-0.4, -0.2) is 17.4 Å². The summed E-state index contributed by atoms with van der Waals surface area (Å²) in [4.78, 5) is 16.3. The zero-order valence-corrected chi connectivity index (χ0v) is 16.8. The molecule has 0 atom stereocenters. The van der Waals surface area contributed by atoms with E-state index in [-0.39, 0.29) is 5.91 Å². The number of amides is 1. The summed E-state index contributed by atoms with van der Waals surface area (Å²) < 4.78 is 0. The summed E-state index contributed by atoms with van der Waals surface area (Å²) in [5.74, 6) is 0.114. The third-order valence-electron chi connectivity index (χ3n) is 4.83. The van der Waals surface area contributed by atoms with E-state index >= 15 is 0 Å². The van der Waals surface area contributed by atoms with Crippen molar-refractivity contribution < 1.29 is 4.79 Å². The number of nitrogens with zero attached hydrogens (tertiary/aromatic N) is 1. The molecule has 3 aromatic rings. The van der Waals surface area contributed by atoms with Crippen LogP contribution in [0, 0.1) is 0 Å². The monoisotopic (exact) mass is 384 g/mol. The van der Waals surface area contributed by atoms with Crippen LogP contribution >= 0.6 is 0 Å².